The lowest BCUT2D eigenvalue weighted by atomic mass is 10.1. The molecule has 1 aromatic rings. The molecule has 110 valence electrons. The van der Waals surface area contributed by atoms with Gasteiger partial charge in [-0.05, 0) is 6.07 Å². The normalized spacial score (nSPS) is 21.9. The second kappa shape index (κ2) is 5.87. The maximum Gasteiger partial charge on any atom is 0.185 e. The molecule has 1 unspecified atom stereocenters. The third-order valence-electron chi connectivity index (χ3n) is 3.70. The number of anilines is 1. The number of rotatable bonds is 3. The zero-order valence-electron chi connectivity index (χ0n) is 11.3. The van der Waals surface area contributed by atoms with E-state index in [-0.39, 0.29) is 19.3 Å². The zero-order valence-corrected chi connectivity index (χ0v) is 11.3. The van der Waals surface area contributed by atoms with E-state index in [1.165, 1.54) is 0 Å². The minimum Gasteiger partial charge on any atom is -0.486 e. The number of nitrogens with zero attached hydrogens (tertiary/aromatic N) is 1. The van der Waals surface area contributed by atoms with Crippen LogP contribution in [0.25, 0.3) is 0 Å². The highest BCUT2D eigenvalue weighted by Gasteiger charge is 2.28. The maximum absolute atomic E-state index is 9.59. The van der Waals surface area contributed by atoms with Gasteiger partial charge in [-0.3, -0.25) is 0 Å². The summed E-state index contributed by atoms with van der Waals surface area (Å²) in [6.07, 6.45) is -0.349. The van der Waals surface area contributed by atoms with E-state index in [9.17, 15) is 10.2 Å². The molecule has 3 rings (SSSR count). The number of aliphatic hydroxyl groups excluding tert-OH is 2. The summed E-state index contributed by atoms with van der Waals surface area (Å²) < 4.78 is 11.5. The van der Waals surface area contributed by atoms with Crippen LogP contribution in [0, 0.1) is 0 Å². The number of ether oxygens (including phenoxy) is 2. The van der Waals surface area contributed by atoms with Crippen molar-refractivity contribution in [2.45, 2.75) is 12.7 Å². The highest BCUT2D eigenvalue weighted by molar-refractivity contribution is 5.70. The van der Waals surface area contributed by atoms with Gasteiger partial charge < -0.3 is 29.9 Å². The molecule has 6 heteroatoms. The predicted octanol–water partition coefficient (Wildman–Crippen LogP) is -0.279. The SMILES string of the molecule is OCc1ccc2c(c1N1CCNCC1)OC(CO)CO2. The lowest BCUT2D eigenvalue weighted by molar-refractivity contribution is 0.0458. The Bertz CT molecular complexity index is 474. The molecular weight excluding hydrogens is 260 g/mol. The van der Waals surface area contributed by atoms with Gasteiger partial charge in [-0.25, -0.2) is 0 Å². The Hall–Kier alpha value is -1.50. The lowest BCUT2D eigenvalue weighted by Gasteiger charge is -2.35. The van der Waals surface area contributed by atoms with Gasteiger partial charge in [0.25, 0.3) is 0 Å². The van der Waals surface area contributed by atoms with Crippen LogP contribution in [0.1, 0.15) is 5.56 Å². The van der Waals surface area contributed by atoms with E-state index < -0.39 is 0 Å². The molecule has 0 saturated carbocycles. The van der Waals surface area contributed by atoms with Crippen LogP contribution < -0.4 is 19.7 Å². The van der Waals surface area contributed by atoms with Crippen molar-refractivity contribution in [3.8, 4) is 11.5 Å². The quantitative estimate of drug-likeness (QED) is 0.707. The molecule has 1 saturated heterocycles. The molecule has 20 heavy (non-hydrogen) atoms. The first kappa shape index (κ1) is 13.5. The van der Waals surface area contributed by atoms with Gasteiger partial charge >= 0.3 is 0 Å². The van der Waals surface area contributed by atoms with Gasteiger partial charge in [-0.15, -0.1) is 0 Å². The fraction of sp³-hybridized carbons (Fsp3) is 0.571. The van der Waals surface area contributed by atoms with Gasteiger partial charge in [0.1, 0.15) is 6.61 Å². The molecule has 0 aromatic heterocycles. The fourth-order valence-electron chi connectivity index (χ4n) is 2.66. The Labute approximate surface area is 117 Å². The van der Waals surface area contributed by atoms with Gasteiger partial charge in [-0.2, -0.15) is 0 Å². The van der Waals surface area contributed by atoms with Crippen molar-refractivity contribution in [2.75, 3.05) is 44.3 Å². The minimum atomic E-state index is -0.349. The average Bonchev–Trinajstić information content (AvgIpc) is 2.53. The summed E-state index contributed by atoms with van der Waals surface area (Å²) in [5.74, 6) is 1.32. The summed E-state index contributed by atoms with van der Waals surface area (Å²) in [6.45, 7) is 3.75. The standard InChI is InChI=1S/C14H20N2O4/c17-7-10-1-2-12-14(20-11(8-18)9-19-12)13(10)16-5-3-15-4-6-16/h1-2,11,15,17-18H,3-9H2. The molecule has 1 aromatic carbocycles. The van der Waals surface area contributed by atoms with Crippen LogP contribution in [-0.4, -0.2) is 55.7 Å². The van der Waals surface area contributed by atoms with Gasteiger partial charge in [0, 0.05) is 31.7 Å². The van der Waals surface area contributed by atoms with Gasteiger partial charge in [-0.1, -0.05) is 6.07 Å². The second-order valence-corrected chi connectivity index (χ2v) is 5.03. The topological polar surface area (TPSA) is 74.2 Å². The second-order valence-electron chi connectivity index (χ2n) is 5.03. The summed E-state index contributed by atoms with van der Waals surface area (Å²) in [4.78, 5) is 2.20. The van der Waals surface area contributed by atoms with Gasteiger partial charge in [0.15, 0.2) is 17.6 Å². The Morgan fingerprint density at radius 1 is 1.25 bits per heavy atom. The van der Waals surface area contributed by atoms with Crippen LogP contribution in [-0.2, 0) is 6.61 Å². The summed E-state index contributed by atoms with van der Waals surface area (Å²) in [7, 11) is 0. The maximum atomic E-state index is 9.59. The van der Waals surface area contributed by atoms with Crippen molar-refractivity contribution < 1.29 is 19.7 Å². The van der Waals surface area contributed by atoms with Crippen LogP contribution >= 0.6 is 0 Å². The molecule has 1 atom stereocenters. The molecule has 2 heterocycles. The number of nitrogens with one attached hydrogen (secondary N) is 1. The van der Waals surface area contributed by atoms with E-state index in [1.54, 1.807) is 0 Å². The van der Waals surface area contributed by atoms with E-state index >= 15 is 0 Å². The van der Waals surface area contributed by atoms with E-state index in [0.29, 0.717) is 18.1 Å². The molecular formula is C14H20N2O4. The van der Waals surface area contributed by atoms with Crippen LogP contribution in [0.5, 0.6) is 11.5 Å². The summed E-state index contributed by atoms with van der Waals surface area (Å²) in [5.41, 5.74) is 1.72. The molecule has 6 nitrogen and oxygen atoms in total. The van der Waals surface area contributed by atoms with E-state index in [4.69, 9.17) is 9.47 Å². The molecule has 0 amide bonds. The number of piperazine rings is 1. The third-order valence-corrected chi connectivity index (χ3v) is 3.70. The van der Waals surface area contributed by atoms with Gasteiger partial charge in [0.2, 0.25) is 0 Å². The van der Waals surface area contributed by atoms with E-state index in [2.05, 4.69) is 10.2 Å². The number of benzene rings is 1. The van der Waals surface area contributed by atoms with Crippen LogP contribution in [0.15, 0.2) is 12.1 Å². The molecule has 0 aliphatic carbocycles. The first-order valence-electron chi connectivity index (χ1n) is 6.96. The molecule has 0 spiro atoms. The fourth-order valence-corrected chi connectivity index (χ4v) is 2.66. The van der Waals surface area contributed by atoms with Crippen molar-refractivity contribution in [2.24, 2.45) is 0 Å². The Morgan fingerprint density at radius 3 is 2.75 bits per heavy atom. The highest BCUT2D eigenvalue weighted by atomic mass is 16.6. The number of hydrogen-bond donors (Lipinski definition) is 3. The number of fused-ring (bicyclic) bond motifs is 1. The minimum absolute atomic E-state index is 0.0420. The number of hydrogen-bond acceptors (Lipinski definition) is 6. The van der Waals surface area contributed by atoms with Crippen LogP contribution in [0.2, 0.25) is 0 Å². The Morgan fingerprint density at radius 2 is 2.05 bits per heavy atom. The van der Waals surface area contributed by atoms with Crippen molar-refractivity contribution in [3.63, 3.8) is 0 Å². The first-order valence-corrected chi connectivity index (χ1v) is 6.96. The molecule has 2 aliphatic rings. The van der Waals surface area contributed by atoms with Crippen LogP contribution in [0.4, 0.5) is 5.69 Å². The summed E-state index contributed by atoms with van der Waals surface area (Å²) in [6, 6.07) is 3.69. The molecule has 0 bridgehead atoms. The summed E-state index contributed by atoms with van der Waals surface area (Å²) >= 11 is 0. The average molecular weight is 280 g/mol. The van der Waals surface area contributed by atoms with Crippen molar-refractivity contribution in [1.82, 2.24) is 5.32 Å². The Balaban J connectivity index is 2.00. The summed E-state index contributed by atoms with van der Waals surface area (Å²) in [5, 5.41) is 22.2. The monoisotopic (exact) mass is 280 g/mol. The highest BCUT2D eigenvalue weighted by Crippen LogP contribution is 2.43. The largest absolute Gasteiger partial charge is 0.486 e. The smallest absolute Gasteiger partial charge is 0.185 e. The van der Waals surface area contributed by atoms with Crippen LogP contribution in [0.3, 0.4) is 0 Å². The molecule has 2 aliphatic heterocycles. The predicted molar refractivity (Wildman–Crippen MR) is 74.4 cm³/mol. The van der Waals surface area contributed by atoms with E-state index in [0.717, 1.165) is 37.4 Å². The number of aliphatic hydroxyl groups is 2. The first-order chi connectivity index (χ1) is 9.83. The van der Waals surface area contributed by atoms with Gasteiger partial charge in [0.05, 0.1) is 18.9 Å². The molecule has 0 radical (unpaired) electrons. The zero-order chi connectivity index (χ0) is 13.9. The molecule has 3 N–H and O–H groups in total. The van der Waals surface area contributed by atoms with Crippen molar-refractivity contribution in [3.05, 3.63) is 17.7 Å². The Kier molecular flexibility index (Phi) is 3.95. The van der Waals surface area contributed by atoms with E-state index in [1.807, 2.05) is 12.1 Å². The molecule has 1 fully saturated rings. The third kappa shape index (κ3) is 2.42. The van der Waals surface area contributed by atoms with Crippen molar-refractivity contribution in [1.29, 1.82) is 0 Å². The lowest BCUT2D eigenvalue weighted by Crippen LogP contribution is -2.44. The van der Waals surface area contributed by atoms with Crippen molar-refractivity contribution >= 4 is 5.69 Å².